The molecule has 4 nitrogen and oxygen atoms in total. The van der Waals surface area contributed by atoms with Crippen LogP contribution in [0.15, 0.2) is 48.5 Å². The van der Waals surface area contributed by atoms with E-state index >= 15 is 0 Å². The molecule has 0 aliphatic carbocycles. The molecule has 0 bridgehead atoms. The van der Waals surface area contributed by atoms with E-state index in [9.17, 15) is 9.59 Å². The van der Waals surface area contributed by atoms with Crippen molar-refractivity contribution < 1.29 is 9.59 Å². The summed E-state index contributed by atoms with van der Waals surface area (Å²) in [5.41, 5.74) is 3.28. The first kappa shape index (κ1) is 16.7. The fourth-order valence-corrected chi connectivity index (χ4v) is 2.27. The minimum atomic E-state index is -0.123. The summed E-state index contributed by atoms with van der Waals surface area (Å²) in [5.74, 6) is -0.215. The molecule has 0 aliphatic heterocycles. The Morgan fingerprint density at radius 2 is 1.83 bits per heavy atom. The molecule has 0 radical (unpaired) electrons. The third-order valence-electron chi connectivity index (χ3n) is 3.56. The Kier molecular flexibility index (Phi) is 5.92. The maximum Gasteiger partial charge on any atom is 0.251 e. The molecule has 0 unspecified atom stereocenters. The number of hydrogen-bond donors (Lipinski definition) is 2. The topological polar surface area (TPSA) is 58.2 Å². The molecule has 0 saturated carbocycles. The Bertz CT molecular complexity index is 695. The smallest absolute Gasteiger partial charge is 0.251 e. The summed E-state index contributed by atoms with van der Waals surface area (Å²) in [4.78, 5) is 24.1. The van der Waals surface area contributed by atoms with Crippen molar-refractivity contribution in [3.05, 3.63) is 65.2 Å². The molecule has 2 aromatic rings. The summed E-state index contributed by atoms with van der Waals surface area (Å²) in [6, 6.07) is 14.8. The van der Waals surface area contributed by atoms with Gasteiger partial charge in [0.2, 0.25) is 5.91 Å². The Morgan fingerprint density at radius 3 is 2.57 bits per heavy atom. The zero-order chi connectivity index (χ0) is 16.7. The van der Waals surface area contributed by atoms with Crippen LogP contribution in [-0.2, 0) is 11.2 Å². The van der Waals surface area contributed by atoms with E-state index in [2.05, 4.69) is 10.6 Å². The number of rotatable bonds is 6. The molecular weight excluding hydrogens is 288 g/mol. The van der Waals surface area contributed by atoms with Crippen LogP contribution in [0.3, 0.4) is 0 Å². The summed E-state index contributed by atoms with van der Waals surface area (Å²) < 4.78 is 0. The van der Waals surface area contributed by atoms with E-state index in [1.807, 2.05) is 38.1 Å². The molecule has 0 heterocycles. The van der Waals surface area contributed by atoms with Crippen LogP contribution in [0.2, 0.25) is 0 Å². The predicted molar refractivity (Wildman–Crippen MR) is 92.6 cm³/mol. The molecule has 4 heteroatoms. The molecule has 0 atom stereocenters. The molecule has 0 spiro atoms. The molecule has 2 rings (SSSR count). The summed E-state index contributed by atoms with van der Waals surface area (Å²) in [6.07, 6.45) is 1.21. The number of benzene rings is 2. The van der Waals surface area contributed by atoms with Gasteiger partial charge in [0.1, 0.15) is 0 Å². The lowest BCUT2D eigenvalue weighted by Gasteiger charge is -2.09. The van der Waals surface area contributed by atoms with Crippen molar-refractivity contribution in [2.24, 2.45) is 0 Å². The van der Waals surface area contributed by atoms with Crippen LogP contribution in [0.5, 0.6) is 0 Å². The summed E-state index contributed by atoms with van der Waals surface area (Å²) >= 11 is 0. The normalized spacial score (nSPS) is 10.2. The van der Waals surface area contributed by atoms with Gasteiger partial charge in [-0.25, -0.2) is 0 Å². The number of carbonyl (C=O) groups is 2. The van der Waals surface area contributed by atoms with Gasteiger partial charge < -0.3 is 10.6 Å². The number of nitrogens with one attached hydrogen (secondary N) is 2. The lowest BCUT2D eigenvalue weighted by atomic mass is 10.1. The van der Waals surface area contributed by atoms with Gasteiger partial charge in [0.25, 0.3) is 5.91 Å². The molecule has 0 aliphatic rings. The highest BCUT2D eigenvalue weighted by molar-refractivity contribution is 5.97. The largest absolute Gasteiger partial charge is 0.352 e. The molecule has 0 saturated heterocycles. The van der Waals surface area contributed by atoms with E-state index in [1.165, 1.54) is 0 Å². The van der Waals surface area contributed by atoms with Crippen molar-refractivity contribution in [1.29, 1.82) is 0 Å². The number of amides is 2. The fraction of sp³-hybridized carbons (Fsp3) is 0.263. The van der Waals surface area contributed by atoms with Gasteiger partial charge in [-0.05, 0) is 42.7 Å². The fourth-order valence-electron chi connectivity index (χ4n) is 2.27. The first-order valence-electron chi connectivity index (χ1n) is 7.82. The van der Waals surface area contributed by atoms with Crippen LogP contribution >= 0.6 is 0 Å². The van der Waals surface area contributed by atoms with Gasteiger partial charge in [-0.3, -0.25) is 9.59 Å². The minimum absolute atomic E-state index is 0.0922. The molecule has 0 fully saturated rings. The van der Waals surface area contributed by atoms with Crippen molar-refractivity contribution in [3.8, 4) is 0 Å². The van der Waals surface area contributed by atoms with Gasteiger partial charge in [-0.2, -0.15) is 0 Å². The minimum Gasteiger partial charge on any atom is -0.352 e. The lowest BCUT2D eigenvalue weighted by molar-refractivity contribution is -0.115. The summed E-state index contributed by atoms with van der Waals surface area (Å²) in [5, 5.41) is 5.67. The van der Waals surface area contributed by atoms with E-state index in [1.54, 1.807) is 24.3 Å². The third-order valence-corrected chi connectivity index (χ3v) is 3.56. The van der Waals surface area contributed by atoms with E-state index in [0.717, 1.165) is 17.5 Å². The average molecular weight is 310 g/mol. The zero-order valence-electron chi connectivity index (χ0n) is 13.6. The number of carbonyl (C=O) groups excluding carboxylic acids is 2. The first-order valence-corrected chi connectivity index (χ1v) is 7.82. The summed E-state index contributed by atoms with van der Waals surface area (Å²) in [6.45, 7) is 4.63. The molecular formula is C19H22N2O2. The Balaban J connectivity index is 2.01. The van der Waals surface area contributed by atoms with Gasteiger partial charge >= 0.3 is 0 Å². The second kappa shape index (κ2) is 8.13. The van der Waals surface area contributed by atoms with Crippen LogP contribution in [-0.4, -0.2) is 18.4 Å². The second-order valence-electron chi connectivity index (χ2n) is 5.49. The highest BCUT2D eigenvalue weighted by Gasteiger charge is 2.09. The number of hydrogen-bond acceptors (Lipinski definition) is 2. The van der Waals surface area contributed by atoms with E-state index in [-0.39, 0.29) is 11.8 Å². The van der Waals surface area contributed by atoms with Gasteiger partial charge in [-0.15, -0.1) is 0 Å². The van der Waals surface area contributed by atoms with E-state index in [4.69, 9.17) is 0 Å². The molecule has 2 aromatic carbocycles. The molecule has 23 heavy (non-hydrogen) atoms. The van der Waals surface area contributed by atoms with Crippen molar-refractivity contribution in [2.75, 3.05) is 11.9 Å². The van der Waals surface area contributed by atoms with Gasteiger partial charge in [0, 0.05) is 17.8 Å². The van der Waals surface area contributed by atoms with Crippen LogP contribution in [0.4, 0.5) is 5.69 Å². The highest BCUT2D eigenvalue weighted by Crippen LogP contribution is 2.13. The highest BCUT2D eigenvalue weighted by atomic mass is 16.2. The molecule has 2 amide bonds. The average Bonchev–Trinajstić information content (AvgIpc) is 2.55. The second-order valence-corrected chi connectivity index (χ2v) is 5.49. The molecule has 2 N–H and O–H groups in total. The third kappa shape index (κ3) is 4.95. The maximum atomic E-state index is 12.2. The van der Waals surface area contributed by atoms with E-state index in [0.29, 0.717) is 24.2 Å². The van der Waals surface area contributed by atoms with Gasteiger partial charge in [0.15, 0.2) is 0 Å². The van der Waals surface area contributed by atoms with Gasteiger partial charge in [-0.1, -0.05) is 37.3 Å². The lowest BCUT2D eigenvalue weighted by Crippen LogP contribution is -2.24. The van der Waals surface area contributed by atoms with Crippen LogP contribution in [0.25, 0.3) is 0 Å². The van der Waals surface area contributed by atoms with Crippen LogP contribution in [0.1, 0.15) is 34.8 Å². The summed E-state index contributed by atoms with van der Waals surface area (Å²) in [7, 11) is 0. The maximum absolute atomic E-state index is 12.2. The van der Waals surface area contributed by atoms with E-state index < -0.39 is 0 Å². The van der Waals surface area contributed by atoms with Crippen molar-refractivity contribution in [1.82, 2.24) is 5.32 Å². The Morgan fingerprint density at radius 1 is 1.04 bits per heavy atom. The van der Waals surface area contributed by atoms with Gasteiger partial charge in [0.05, 0.1) is 6.42 Å². The molecule has 0 aromatic heterocycles. The van der Waals surface area contributed by atoms with Crippen molar-refractivity contribution >= 4 is 17.5 Å². The monoisotopic (exact) mass is 310 g/mol. The number of anilines is 1. The quantitative estimate of drug-likeness (QED) is 0.860. The SMILES string of the molecule is CCCNC(=O)c1cccc(NC(=O)Cc2ccccc2C)c1. The number of aryl methyl sites for hydroxylation is 1. The van der Waals surface area contributed by atoms with Crippen LogP contribution < -0.4 is 10.6 Å². The van der Waals surface area contributed by atoms with Crippen molar-refractivity contribution in [3.63, 3.8) is 0 Å². The van der Waals surface area contributed by atoms with Crippen molar-refractivity contribution in [2.45, 2.75) is 26.7 Å². The first-order chi connectivity index (χ1) is 11.1. The standard InChI is InChI=1S/C19H22N2O2/c1-3-11-20-19(23)16-9-6-10-17(12-16)21-18(22)13-15-8-5-4-7-14(15)2/h4-10,12H,3,11,13H2,1-2H3,(H,20,23)(H,21,22). The molecule has 120 valence electrons. The van der Waals surface area contributed by atoms with Crippen LogP contribution in [0, 0.1) is 6.92 Å². The predicted octanol–water partition coefficient (Wildman–Crippen LogP) is 3.32. The Hall–Kier alpha value is -2.62. The zero-order valence-corrected chi connectivity index (χ0v) is 13.6. The Labute approximate surface area is 136 Å².